The van der Waals surface area contributed by atoms with E-state index in [0.29, 0.717) is 4.47 Å². The lowest BCUT2D eigenvalue weighted by Gasteiger charge is -2.07. The number of alkyl halides is 1. The SMILES string of the molecule is O=C(CCl)NNC(=O)c1ccc(F)cc1Br. The molecule has 1 aromatic rings. The van der Waals surface area contributed by atoms with E-state index in [2.05, 4.69) is 26.8 Å². The van der Waals surface area contributed by atoms with Crippen molar-refractivity contribution in [3.05, 3.63) is 34.1 Å². The minimum Gasteiger partial charge on any atom is -0.272 e. The molecule has 0 saturated heterocycles. The highest BCUT2D eigenvalue weighted by Crippen LogP contribution is 2.17. The number of hydrazine groups is 1. The monoisotopic (exact) mass is 308 g/mol. The molecule has 2 amide bonds. The Balaban J connectivity index is 2.70. The summed E-state index contributed by atoms with van der Waals surface area (Å²) in [5, 5.41) is 0. The van der Waals surface area contributed by atoms with Crippen molar-refractivity contribution in [3.63, 3.8) is 0 Å². The molecule has 0 aromatic heterocycles. The van der Waals surface area contributed by atoms with Gasteiger partial charge in [-0.1, -0.05) is 0 Å². The van der Waals surface area contributed by atoms with Gasteiger partial charge >= 0.3 is 0 Å². The van der Waals surface area contributed by atoms with Gasteiger partial charge in [0.05, 0.1) is 5.56 Å². The first-order valence-electron chi connectivity index (χ1n) is 4.15. The summed E-state index contributed by atoms with van der Waals surface area (Å²) < 4.78 is 13.0. The number of benzene rings is 1. The van der Waals surface area contributed by atoms with Crippen LogP contribution in [0.3, 0.4) is 0 Å². The van der Waals surface area contributed by atoms with E-state index in [0.717, 1.165) is 12.1 Å². The Hall–Kier alpha value is -1.14. The predicted molar refractivity (Wildman–Crippen MR) is 60.4 cm³/mol. The maximum atomic E-state index is 12.7. The quantitative estimate of drug-likeness (QED) is 0.644. The number of halogens is 3. The second-order valence-electron chi connectivity index (χ2n) is 2.76. The molecule has 0 fully saturated rings. The fourth-order valence-electron chi connectivity index (χ4n) is 0.901. The molecule has 0 saturated carbocycles. The fraction of sp³-hybridized carbons (Fsp3) is 0.111. The first-order valence-corrected chi connectivity index (χ1v) is 5.47. The highest BCUT2D eigenvalue weighted by Gasteiger charge is 2.11. The van der Waals surface area contributed by atoms with Crippen LogP contribution in [0, 0.1) is 5.82 Å². The van der Waals surface area contributed by atoms with Crippen molar-refractivity contribution in [1.29, 1.82) is 0 Å². The van der Waals surface area contributed by atoms with E-state index in [4.69, 9.17) is 11.6 Å². The third-order valence-corrected chi connectivity index (χ3v) is 2.51. The average molecular weight is 310 g/mol. The third-order valence-electron chi connectivity index (χ3n) is 1.61. The molecular weight excluding hydrogens is 302 g/mol. The number of hydrogen-bond acceptors (Lipinski definition) is 2. The Bertz CT molecular complexity index is 428. The number of carbonyl (C=O) groups is 2. The van der Waals surface area contributed by atoms with E-state index < -0.39 is 17.6 Å². The summed E-state index contributed by atoms with van der Waals surface area (Å²) in [6.07, 6.45) is 0. The molecule has 0 aliphatic rings. The Morgan fingerprint density at radius 1 is 1.38 bits per heavy atom. The largest absolute Gasteiger partial charge is 0.272 e. The molecule has 0 bridgehead atoms. The Labute approximate surface area is 104 Å². The number of amides is 2. The van der Waals surface area contributed by atoms with Gasteiger partial charge in [0.15, 0.2) is 0 Å². The van der Waals surface area contributed by atoms with Crippen molar-refractivity contribution in [2.45, 2.75) is 0 Å². The molecule has 2 N–H and O–H groups in total. The van der Waals surface area contributed by atoms with Gasteiger partial charge in [0.25, 0.3) is 11.8 Å². The van der Waals surface area contributed by atoms with Gasteiger partial charge in [-0.3, -0.25) is 20.4 Å². The van der Waals surface area contributed by atoms with E-state index in [1.807, 2.05) is 0 Å². The van der Waals surface area contributed by atoms with E-state index in [9.17, 15) is 14.0 Å². The zero-order valence-corrected chi connectivity index (χ0v) is 10.2. The first kappa shape index (κ1) is 12.9. The smallest absolute Gasteiger partial charge is 0.270 e. The summed E-state index contributed by atoms with van der Waals surface area (Å²) in [6.45, 7) is 0. The Morgan fingerprint density at radius 3 is 2.62 bits per heavy atom. The normalized spacial score (nSPS) is 9.69. The summed E-state index contributed by atoms with van der Waals surface area (Å²) in [4.78, 5) is 22.2. The van der Waals surface area contributed by atoms with Gasteiger partial charge in [-0.15, -0.1) is 11.6 Å². The number of hydrogen-bond donors (Lipinski definition) is 2. The second-order valence-corrected chi connectivity index (χ2v) is 3.88. The highest BCUT2D eigenvalue weighted by molar-refractivity contribution is 9.10. The molecule has 0 radical (unpaired) electrons. The van der Waals surface area contributed by atoms with Crippen LogP contribution in [0.1, 0.15) is 10.4 Å². The van der Waals surface area contributed by atoms with Crippen LogP contribution < -0.4 is 10.9 Å². The van der Waals surface area contributed by atoms with Gasteiger partial charge in [0.2, 0.25) is 0 Å². The van der Waals surface area contributed by atoms with Crippen LogP contribution in [-0.4, -0.2) is 17.7 Å². The third kappa shape index (κ3) is 3.46. The van der Waals surface area contributed by atoms with Crippen LogP contribution in [0.5, 0.6) is 0 Å². The molecule has 0 unspecified atom stereocenters. The van der Waals surface area contributed by atoms with E-state index >= 15 is 0 Å². The molecular formula is C9H7BrClFN2O2. The van der Waals surface area contributed by atoms with Gasteiger partial charge in [0, 0.05) is 4.47 Å². The zero-order chi connectivity index (χ0) is 12.1. The molecule has 16 heavy (non-hydrogen) atoms. The van der Waals surface area contributed by atoms with Crippen molar-refractivity contribution in [3.8, 4) is 0 Å². The van der Waals surface area contributed by atoms with Crippen LogP contribution in [0.2, 0.25) is 0 Å². The molecule has 4 nitrogen and oxygen atoms in total. The van der Waals surface area contributed by atoms with Gasteiger partial charge in [-0.05, 0) is 34.1 Å². The zero-order valence-electron chi connectivity index (χ0n) is 7.89. The van der Waals surface area contributed by atoms with Crippen molar-refractivity contribution in [2.24, 2.45) is 0 Å². The summed E-state index contributed by atoms with van der Waals surface area (Å²) in [7, 11) is 0. The van der Waals surface area contributed by atoms with Gasteiger partial charge in [-0.25, -0.2) is 4.39 Å². The maximum Gasteiger partial charge on any atom is 0.270 e. The van der Waals surface area contributed by atoms with Gasteiger partial charge in [0.1, 0.15) is 11.7 Å². The van der Waals surface area contributed by atoms with Crippen LogP contribution in [-0.2, 0) is 4.79 Å². The maximum absolute atomic E-state index is 12.7. The Kier molecular flexibility index (Phi) is 4.70. The lowest BCUT2D eigenvalue weighted by molar-refractivity contribution is -0.119. The molecule has 0 spiro atoms. The summed E-state index contributed by atoms with van der Waals surface area (Å²) in [6, 6.07) is 3.59. The van der Waals surface area contributed by atoms with Crippen molar-refractivity contribution < 1.29 is 14.0 Å². The molecule has 1 aromatic carbocycles. The number of rotatable bonds is 2. The average Bonchev–Trinajstić information content (AvgIpc) is 2.25. The van der Waals surface area contributed by atoms with Crippen molar-refractivity contribution in [2.75, 3.05) is 5.88 Å². The lowest BCUT2D eigenvalue weighted by Crippen LogP contribution is -2.42. The summed E-state index contributed by atoms with van der Waals surface area (Å²) in [5.74, 6) is -1.82. The van der Waals surface area contributed by atoms with Gasteiger partial charge < -0.3 is 0 Å². The number of carbonyl (C=O) groups excluding carboxylic acids is 2. The van der Waals surface area contributed by atoms with Crippen LogP contribution in [0.4, 0.5) is 4.39 Å². The lowest BCUT2D eigenvalue weighted by atomic mass is 10.2. The predicted octanol–water partition coefficient (Wildman–Crippen LogP) is 1.59. The molecule has 0 atom stereocenters. The second kappa shape index (κ2) is 5.81. The number of nitrogens with one attached hydrogen (secondary N) is 2. The van der Waals surface area contributed by atoms with E-state index in [-0.39, 0.29) is 11.4 Å². The Morgan fingerprint density at radius 2 is 2.06 bits per heavy atom. The van der Waals surface area contributed by atoms with Crippen molar-refractivity contribution >= 4 is 39.3 Å². The molecule has 0 aliphatic carbocycles. The highest BCUT2D eigenvalue weighted by atomic mass is 79.9. The van der Waals surface area contributed by atoms with Crippen LogP contribution in [0.25, 0.3) is 0 Å². The van der Waals surface area contributed by atoms with Gasteiger partial charge in [-0.2, -0.15) is 0 Å². The standard InChI is InChI=1S/C9H7BrClFN2O2/c10-7-3-5(12)1-2-6(7)9(16)14-13-8(15)4-11/h1-3H,4H2,(H,13,15)(H,14,16). The molecule has 0 heterocycles. The minimum atomic E-state index is -0.564. The summed E-state index contributed by atoms with van der Waals surface area (Å²) in [5.41, 5.74) is 4.43. The molecule has 0 aliphatic heterocycles. The van der Waals surface area contributed by atoms with E-state index in [1.165, 1.54) is 6.07 Å². The van der Waals surface area contributed by atoms with E-state index in [1.54, 1.807) is 0 Å². The van der Waals surface area contributed by atoms with Crippen molar-refractivity contribution in [1.82, 2.24) is 10.9 Å². The summed E-state index contributed by atoms with van der Waals surface area (Å²) >= 11 is 8.24. The molecule has 7 heteroatoms. The van der Waals surface area contributed by atoms with Crippen LogP contribution >= 0.6 is 27.5 Å². The topological polar surface area (TPSA) is 58.2 Å². The molecule has 1 rings (SSSR count). The first-order chi connectivity index (χ1) is 7.54. The minimum absolute atomic E-state index is 0.205. The molecule has 86 valence electrons. The fourth-order valence-corrected chi connectivity index (χ4v) is 1.50. The van der Waals surface area contributed by atoms with Crippen LogP contribution in [0.15, 0.2) is 22.7 Å².